The van der Waals surface area contributed by atoms with E-state index in [0.717, 1.165) is 10.0 Å². The maximum Gasteiger partial charge on any atom is 0.242 e. The number of benzene rings is 1. The van der Waals surface area contributed by atoms with E-state index in [9.17, 15) is 8.42 Å². The summed E-state index contributed by atoms with van der Waals surface area (Å²) in [7, 11) is -3.60. The van der Waals surface area contributed by atoms with Crippen LogP contribution >= 0.6 is 31.9 Å². The van der Waals surface area contributed by atoms with Crippen LogP contribution in [0.5, 0.6) is 0 Å². The summed E-state index contributed by atoms with van der Waals surface area (Å²) in [5.41, 5.74) is 0.963. The highest BCUT2D eigenvalue weighted by Gasteiger charge is 2.21. The van der Waals surface area contributed by atoms with Crippen molar-refractivity contribution in [1.29, 1.82) is 0 Å². The molecular formula is C13H15Br2N3O2S. The van der Waals surface area contributed by atoms with Crippen LogP contribution in [-0.2, 0) is 16.6 Å². The van der Waals surface area contributed by atoms with Crippen LogP contribution < -0.4 is 4.72 Å². The van der Waals surface area contributed by atoms with Gasteiger partial charge in [-0.25, -0.2) is 13.1 Å². The molecule has 1 N–H and O–H groups in total. The molecule has 0 saturated heterocycles. The summed E-state index contributed by atoms with van der Waals surface area (Å²) in [6.45, 7) is 4.17. The molecule has 0 amide bonds. The van der Waals surface area contributed by atoms with E-state index < -0.39 is 10.0 Å². The number of aromatic nitrogens is 2. The predicted octanol–water partition coefficient (Wildman–Crippen LogP) is 3.08. The largest absolute Gasteiger partial charge is 0.271 e. The molecular weight excluding hydrogens is 422 g/mol. The van der Waals surface area contributed by atoms with Crippen molar-refractivity contribution in [2.45, 2.75) is 31.3 Å². The van der Waals surface area contributed by atoms with Crippen molar-refractivity contribution in [3.63, 3.8) is 0 Å². The van der Waals surface area contributed by atoms with Gasteiger partial charge in [-0.2, -0.15) is 5.10 Å². The van der Waals surface area contributed by atoms with Crippen molar-refractivity contribution < 1.29 is 8.42 Å². The summed E-state index contributed by atoms with van der Waals surface area (Å²) in [5.74, 6) is 0. The molecule has 8 heteroatoms. The van der Waals surface area contributed by atoms with E-state index in [1.807, 2.05) is 6.92 Å². The molecule has 0 spiro atoms. The first kappa shape index (κ1) is 16.7. The van der Waals surface area contributed by atoms with E-state index in [4.69, 9.17) is 0 Å². The molecule has 1 aromatic heterocycles. The van der Waals surface area contributed by atoms with Crippen molar-refractivity contribution in [3.05, 3.63) is 45.1 Å². The Balaban J connectivity index is 2.20. The smallest absolute Gasteiger partial charge is 0.242 e. The minimum atomic E-state index is -3.60. The topological polar surface area (TPSA) is 64.0 Å². The summed E-state index contributed by atoms with van der Waals surface area (Å²) in [6.07, 6.45) is 3.46. The molecule has 2 aromatic rings. The summed E-state index contributed by atoms with van der Waals surface area (Å²) in [4.78, 5) is 0.215. The first-order chi connectivity index (χ1) is 9.79. The van der Waals surface area contributed by atoms with Gasteiger partial charge in [0, 0.05) is 27.4 Å². The van der Waals surface area contributed by atoms with E-state index in [-0.39, 0.29) is 10.9 Å². The molecule has 5 nitrogen and oxygen atoms in total. The summed E-state index contributed by atoms with van der Waals surface area (Å²) >= 11 is 6.67. The Labute approximate surface area is 141 Å². The number of hydrogen-bond donors (Lipinski definition) is 1. The lowest BCUT2D eigenvalue weighted by molar-refractivity contribution is 0.493. The third kappa shape index (κ3) is 4.15. The van der Waals surface area contributed by atoms with Crippen LogP contribution in [0.1, 0.15) is 12.5 Å². The molecule has 0 radical (unpaired) electrons. The Kier molecular flexibility index (Phi) is 5.24. The Morgan fingerprint density at radius 2 is 2.05 bits per heavy atom. The van der Waals surface area contributed by atoms with Gasteiger partial charge < -0.3 is 0 Å². The monoisotopic (exact) mass is 435 g/mol. The average Bonchev–Trinajstić information content (AvgIpc) is 2.85. The van der Waals surface area contributed by atoms with Crippen molar-refractivity contribution in [1.82, 2.24) is 14.5 Å². The Morgan fingerprint density at radius 3 is 2.67 bits per heavy atom. The maximum atomic E-state index is 12.5. The van der Waals surface area contributed by atoms with Crippen LogP contribution in [0.3, 0.4) is 0 Å². The van der Waals surface area contributed by atoms with Gasteiger partial charge in [-0.05, 0) is 53.5 Å². The van der Waals surface area contributed by atoms with Crippen molar-refractivity contribution in [2.24, 2.45) is 0 Å². The molecule has 1 unspecified atom stereocenters. The van der Waals surface area contributed by atoms with E-state index in [2.05, 4.69) is 41.7 Å². The van der Waals surface area contributed by atoms with Crippen LogP contribution in [0.2, 0.25) is 0 Å². The van der Waals surface area contributed by atoms with Crippen LogP contribution in [0.4, 0.5) is 0 Å². The molecule has 1 heterocycles. The molecule has 21 heavy (non-hydrogen) atoms. The maximum absolute atomic E-state index is 12.5. The lowest BCUT2D eigenvalue weighted by Gasteiger charge is -2.16. The molecule has 0 aliphatic carbocycles. The molecule has 0 bridgehead atoms. The van der Waals surface area contributed by atoms with E-state index in [0.29, 0.717) is 11.0 Å². The minimum absolute atomic E-state index is 0.215. The predicted molar refractivity (Wildman–Crippen MR) is 88.6 cm³/mol. The molecule has 2 rings (SSSR count). The SMILES string of the molecule is Cc1cc(Br)c(S(=O)(=O)NC(C)Cn2cccn2)cc1Br. The number of nitrogens with one attached hydrogen (secondary N) is 1. The van der Waals surface area contributed by atoms with Gasteiger partial charge in [0.15, 0.2) is 0 Å². The number of nitrogens with zero attached hydrogens (tertiary/aromatic N) is 2. The van der Waals surface area contributed by atoms with Gasteiger partial charge >= 0.3 is 0 Å². The van der Waals surface area contributed by atoms with E-state index >= 15 is 0 Å². The average molecular weight is 437 g/mol. The van der Waals surface area contributed by atoms with Gasteiger partial charge in [-0.1, -0.05) is 15.9 Å². The van der Waals surface area contributed by atoms with Crippen LogP contribution in [0.15, 0.2) is 44.4 Å². The summed E-state index contributed by atoms with van der Waals surface area (Å²) < 4.78 is 30.6. The Morgan fingerprint density at radius 1 is 1.33 bits per heavy atom. The molecule has 1 atom stereocenters. The number of aryl methyl sites for hydroxylation is 1. The van der Waals surface area contributed by atoms with Gasteiger partial charge in [0.1, 0.15) is 0 Å². The fraction of sp³-hybridized carbons (Fsp3) is 0.308. The highest BCUT2D eigenvalue weighted by Crippen LogP contribution is 2.28. The summed E-state index contributed by atoms with van der Waals surface area (Å²) in [6, 6.07) is 4.90. The summed E-state index contributed by atoms with van der Waals surface area (Å²) in [5, 5.41) is 4.07. The van der Waals surface area contributed by atoms with Crippen LogP contribution in [0.25, 0.3) is 0 Å². The third-order valence-corrected chi connectivity index (χ3v) is 6.28. The zero-order chi connectivity index (χ0) is 15.6. The quantitative estimate of drug-likeness (QED) is 0.783. The molecule has 1 aromatic carbocycles. The molecule has 0 saturated carbocycles. The highest BCUT2D eigenvalue weighted by molar-refractivity contribution is 9.11. The third-order valence-electron chi connectivity index (χ3n) is 2.88. The lowest BCUT2D eigenvalue weighted by Crippen LogP contribution is -2.36. The molecule has 0 aliphatic heterocycles. The van der Waals surface area contributed by atoms with Gasteiger partial charge in [-0.15, -0.1) is 0 Å². The van der Waals surface area contributed by atoms with Gasteiger partial charge in [-0.3, -0.25) is 4.68 Å². The van der Waals surface area contributed by atoms with E-state index in [1.165, 1.54) is 0 Å². The van der Waals surface area contributed by atoms with Crippen LogP contribution in [0, 0.1) is 6.92 Å². The fourth-order valence-electron chi connectivity index (χ4n) is 1.89. The standard InChI is InChI=1S/C13H15Br2N3O2S/c1-9-6-12(15)13(7-11(9)14)21(19,20)17-10(2)8-18-5-3-4-16-18/h3-7,10,17H,8H2,1-2H3. The normalized spacial score (nSPS) is 13.3. The van der Waals surface area contributed by atoms with Crippen molar-refractivity contribution in [3.8, 4) is 0 Å². The zero-order valence-electron chi connectivity index (χ0n) is 11.5. The number of halogens is 2. The van der Waals surface area contributed by atoms with Crippen LogP contribution in [-0.4, -0.2) is 24.2 Å². The van der Waals surface area contributed by atoms with E-state index in [1.54, 1.807) is 42.2 Å². The van der Waals surface area contributed by atoms with Gasteiger partial charge in [0.2, 0.25) is 10.0 Å². The number of sulfonamides is 1. The number of rotatable bonds is 5. The van der Waals surface area contributed by atoms with Crippen molar-refractivity contribution >= 4 is 41.9 Å². The number of hydrogen-bond acceptors (Lipinski definition) is 3. The second-order valence-electron chi connectivity index (χ2n) is 4.78. The molecule has 0 fully saturated rings. The second-order valence-corrected chi connectivity index (χ2v) is 8.17. The highest BCUT2D eigenvalue weighted by atomic mass is 79.9. The minimum Gasteiger partial charge on any atom is -0.271 e. The Hall–Kier alpha value is -0.700. The van der Waals surface area contributed by atoms with Gasteiger partial charge in [0.05, 0.1) is 11.4 Å². The van der Waals surface area contributed by atoms with Crippen molar-refractivity contribution in [2.75, 3.05) is 0 Å². The molecule has 114 valence electrons. The Bertz CT molecular complexity index is 730. The molecule has 0 aliphatic rings. The lowest BCUT2D eigenvalue weighted by atomic mass is 10.2. The fourth-order valence-corrected chi connectivity index (χ4v) is 4.80. The van der Waals surface area contributed by atoms with Gasteiger partial charge in [0.25, 0.3) is 0 Å². The first-order valence-electron chi connectivity index (χ1n) is 6.25. The first-order valence-corrected chi connectivity index (χ1v) is 9.32. The zero-order valence-corrected chi connectivity index (χ0v) is 15.5. The second kappa shape index (κ2) is 6.60.